The number of aliphatic imine (C=N–C) groups is 1. The minimum absolute atomic E-state index is 0. The lowest BCUT2D eigenvalue weighted by molar-refractivity contribution is 0.242. The first-order chi connectivity index (χ1) is 12.7. The quantitative estimate of drug-likeness (QED) is 0.341. The Labute approximate surface area is 183 Å². The highest BCUT2D eigenvalue weighted by Crippen LogP contribution is 2.26. The molecule has 1 aliphatic heterocycles. The zero-order valence-electron chi connectivity index (χ0n) is 16.2. The smallest absolute Gasteiger partial charge is 0.191 e. The van der Waals surface area contributed by atoms with E-state index in [1.54, 1.807) is 7.05 Å². The van der Waals surface area contributed by atoms with Crippen LogP contribution in [-0.2, 0) is 16.6 Å². The molecule has 1 aromatic carbocycles. The Balaban J connectivity index is 0.00000261. The van der Waals surface area contributed by atoms with Crippen molar-refractivity contribution in [1.82, 2.24) is 15.5 Å². The number of nitrogens with zero attached hydrogens (tertiary/aromatic N) is 2. The second-order valence-corrected chi connectivity index (χ2v) is 8.91. The summed E-state index contributed by atoms with van der Waals surface area (Å²) in [4.78, 5) is 6.98. The molecule has 0 amide bonds. The molecule has 7 heteroatoms. The number of nitrogens with one attached hydrogen (secondary N) is 2. The number of halogens is 1. The molecule has 2 atom stereocenters. The lowest BCUT2D eigenvalue weighted by Crippen LogP contribution is -2.46. The average molecular weight is 504 g/mol. The van der Waals surface area contributed by atoms with Crippen LogP contribution in [0.1, 0.15) is 37.7 Å². The molecule has 2 aliphatic rings. The normalized spacial score (nSPS) is 22.4. The van der Waals surface area contributed by atoms with Crippen molar-refractivity contribution in [3.63, 3.8) is 0 Å². The van der Waals surface area contributed by atoms with Gasteiger partial charge >= 0.3 is 0 Å². The molecule has 1 saturated carbocycles. The maximum atomic E-state index is 12.2. The number of hydrogen-bond acceptors (Lipinski definition) is 3. The van der Waals surface area contributed by atoms with E-state index in [9.17, 15) is 4.21 Å². The van der Waals surface area contributed by atoms with Gasteiger partial charge in [-0.15, -0.1) is 24.0 Å². The molecule has 0 radical (unpaired) electrons. The zero-order valence-corrected chi connectivity index (χ0v) is 19.4. The summed E-state index contributed by atoms with van der Waals surface area (Å²) < 4.78 is 12.2. The first-order valence-corrected chi connectivity index (χ1v) is 11.3. The summed E-state index contributed by atoms with van der Waals surface area (Å²) in [5, 5.41) is 6.87. The summed E-state index contributed by atoms with van der Waals surface area (Å²) in [6.45, 7) is 2.99. The van der Waals surface area contributed by atoms with Gasteiger partial charge in [-0.25, -0.2) is 0 Å². The van der Waals surface area contributed by atoms with E-state index in [4.69, 9.17) is 0 Å². The van der Waals surface area contributed by atoms with Gasteiger partial charge in [0.25, 0.3) is 0 Å². The lowest BCUT2D eigenvalue weighted by atomic mass is 10.2. The van der Waals surface area contributed by atoms with E-state index in [0.717, 1.165) is 24.1 Å². The van der Waals surface area contributed by atoms with E-state index in [0.29, 0.717) is 24.1 Å². The summed E-state index contributed by atoms with van der Waals surface area (Å²) in [5.74, 6) is 2.09. The van der Waals surface area contributed by atoms with Gasteiger partial charge in [0.1, 0.15) is 0 Å². The van der Waals surface area contributed by atoms with Crippen LogP contribution in [0.15, 0.2) is 35.3 Å². The Morgan fingerprint density at radius 1 is 1.22 bits per heavy atom. The van der Waals surface area contributed by atoms with Crippen LogP contribution in [0, 0.1) is 0 Å². The highest BCUT2D eigenvalue weighted by Gasteiger charge is 2.30. The van der Waals surface area contributed by atoms with E-state index in [2.05, 4.69) is 20.5 Å². The molecule has 27 heavy (non-hydrogen) atoms. The molecule has 0 aromatic heterocycles. The van der Waals surface area contributed by atoms with Crippen molar-refractivity contribution >= 4 is 40.7 Å². The molecule has 152 valence electrons. The molecule has 0 bridgehead atoms. The largest absolute Gasteiger partial charge is 0.355 e. The van der Waals surface area contributed by atoms with Gasteiger partial charge in [0.15, 0.2) is 5.96 Å². The lowest BCUT2D eigenvalue weighted by Gasteiger charge is -2.24. The van der Waals surface area contributed by atoms with Gasteiger partial charge in [0.2, 0.25) is 0 Å². The van der Waals surface area contributed by atoms with E-state index in [1.807, 2.05) is 30.3 Å². The van der Waals surface area contributed by atoms with Crippen LogP contribution in [0.25, 0.3) is 0 Å². The van der Waals surface area contributed by atoms with Crippen molar-refractivity contribution in [2.45, 2.75) is 49.9 Å². The van der Waals surface area contributed by atoms with Gasteiger partial charge in [-0.05, 0) is 24.8 Å². The van der Waals surface area contributed by atoms with Crippen molar-refractivity contribution in [2.75, 3.05) is 32.4 Å². The summed E-state index contributed by atoms with van der Waals surface area (Å²) in [7, 11) is 0.951. The fourth-order valence-electron chi connectivity index (χ4n) is 4.01. The van der Waals surface area contributed by atoms with E-state index < -0.39 is 10.8 Å². The zero-order chi connectivity index (χ0) is 18.2. The highest BCUT2D eigenvalue weighted by atomic mass is 127. The van der Waals surface area contributed by atoms with Gasteiger partial charge < -0.3 is 10.6 Å². The van der Waals surface area contributed by atoms with E-state index >= 15 is 0 Å². The molecule has 2 unspecified atom stereocenters. The van der Waals surface area contributed by atoms with Gasteiger partial charge in [-0.1, -0.05) is 43.2 Å². The van der Waals surface area contributed by atoms with Crippen LogP contribution in [0.4, 0.5) is 0 Å². The Kier molecular flexibility index (Phi) is 10.1. The van der Waals surface area contributed by atoms with Crippen molar-refractivity contribution < 1.29 is 4.21 Å². The third-order valence-electron chi connectivity index (χ3n) is 5.42. The third kappa shape index (κ3) is 7.34. The van der Waals surface area contributed by atoms with Crippen molar-refractivity contribution in [1.29, 1.82) is 0 Å². The Morgan fingerprint density at radius 3 is 2.67 bits per heavy atom. The van der Waals surface area contributed by atoms with Crippen LogP contribution in [0.2, 0.25) is 0 Å². The number of hydrogen-bond donors (Lipinski definition) is 2. The number of guanidine groups is 1. The molecule has 1 aliphatic carbocycles. The first-order valence-electron chi connectivity index (χ1n) is 9.84. The minimum atomic E-state index is -0.854. The summed E-state index contributed by atoms with van der Waals surface area (Å²) >= 11 is 0. The van der Waals surface area contributed by atoms with Crippen molar-refractivity contribution in [3.8, 4) is 0 Å². The maximum absolute atomic E-state index is 12.2. The molecule has 1 heterocycles. The molecule has 0 spiro atoms. The Morgan fingerprint density at radius 2 is 1.96 bits per heavy atom. The molecule has 1 saturated heterocycles. The molecule has 3 rings (SSSR count). The fraction of sp³-hybridized carbons (Fsp3) is 0.650. The van der Waals surface area contributed by atoms with Gasteiger partial charge in [-0.3, -0.25) is 14.1 Å². The molecular formula is C20H33IN4OS. The molecule has 1 aromatic rings. The third-order valence-corrected chi connectivity index (χ3v) is 6.73. The summed E-state index contributed by atoms with van der Waals surface area (Å²) in [6.07, 6.45) is 6.70. The van der Waals surface area contributed by atoms with Crippen molar-refractivity contribution in [2.24, 2.45) is 4.99 Å². The van der Waals surface area contributed by atoms with Gasteiger partial charge in [0.05, 0.1) is 0 Å². The second-order valence-electron chi connectivity index (χ2n) is 7.34. The topological polar surface area (TPSA) is 56.7 Å². The molecule has 2 N–H and O–H groups in total. The van der Waals surface area contributed by atoms with Crippen LogP contribution in [0.3, 0.4) is 0 Å². The molecule has 2 fully saturated rings. The van der Waals surface area contributed by atoms with Crippen LogP contribution in [-0.4, -0.2) is 59.6 Å². The Hall–Kier alpha value is -0.670. The van der Waals surface area contributed by atoms with E-state index in [-0.39, 0.29) is 24.0 Å². The first kappa shape index (κ1) is 22.6. The number of likely N-dealkylation sites (tertiary alicyclic amines) is 1. The predicted octanol–water partition coefficient (Wildman–Crippen LogP) is 2.74. The second kappa shape index (κ2) is 12.0. The summed E-state index contributed by atoms with van der Waals surface area (Å²) in [6, 6.07) is 11.3. The predicted molar refractivity (Wildman–Crippen MR) is 125 cm³/mol. The molecule has 5 nitrogen and oxygen atoms in total. The van der Waals surface area contributed by atoms with Crippen LogP contribution < -0.4 is 10.6 Å². The minimum Gasteiger partial charge on any atom is -0.355 e. The standard InChI is InChI=1S/C20H32N4OS.HI/c1-21-20(22-12-14-26(25)16-17-7-3-2-4-8-17)23-18-11-13-24(15-18)19-9-5-6-10-19;/h2-4,7-8,18-19H,5-6,9-16H2,1H3,(H2,21,22,23);1H. The SMILES string of the molecule is CN=C(NCCS(=O)Cc1ccccc1)NC1CCN(C2CCCC2)C1.I. The van der Waals surface area contributed by atoms with Crippen LogP contribution >= 0.6 is 24.0 Å². The Bertz CT molecular complexity index is 607. The maximum Gasteiger partial charge on any atom is 0.191 e. The fourth-order valence-corrected chi connectivity index (χ4v) is 5.05. The monoisotopic (exact) mass is 504 g/mol. The summed E-state index contributed by atoms with van der Waals surface area (Å²) in [5.41, 5.74) is 1.13. The average Bonchev–Trinajstić information content (AvgIpc) is 3.33. The van der Waals surface area contributed by atoms with Crippen molar-refractivity contribution in [3.05, 3.63) is 35.9 Å². The number of benzene rings is 1. The van der Waals surface area contributed by atoms with Crippen LogP contribution in [0.5, 0.6) is 0 Å². The number of rotatable bonds is 7. The highest BCUT2D eigenvalue weighted by molar-refractivity contribution is 14.0. The molecular weight excluding hydrogens is 471 g/mol. The van der Waals surface area contributed by atoms with E-state index in [1.165, 1.54) is 38.6 Å². The van der Waals surface area contributed by atoms with Gasteiger partial charge in [-0.2, -0.15) is 0 Å². The van der Waals surface area contributed by atoms with Gasteiger partial charge in [0, 0.05) is 61.1 Å².